The summed E-state index contributed by atoms with van der Waals surface area (Å²) in [5.74, 6) is 3.63. The van der Waals surface area contributed by atoms with E-state index in [1.54, 1.807) is 0 Å². The molecule has 6 heteroatoms. The van der Waals surface area contributed by atoms with Crippen LogP contribution in [0, 0.1) is 5.92 Å². The van der Waals surface area contributed by atoms with E-state index in [0.29, 0.717) is 0 Å². The van der Waals surface area contributed by atoms with E-state index in [9.17, 15) is 0 Å². The second-order valence-corrected chi connectivity index (χ2v) is 6.10. The van der Waals surface area contributed by atoms with Crippen molar-refractivity contribution in [2.24, 2.45) is 5.92 Å². The quantitative estimate of drug-likeness (QED) is 0.869. The summed E-state index contributed by atoms with van der Waals surface area (Å²) in [7, 11) is 0. The molecule has 2 aromatic heterocycles. The van der Waals surface area contributed by atoms with Gasteiger partial charge in [-0.15, -0.1) is 0 Å². The number of anilines is 1. The Bertz CT molecular complexity index is 547. The predicted octanol–water partition coefficient (Wildman–Crippen LogP) is 2.49. The summed E-state index contributed by atoms with van der Waals surface area (Å²) in [5, 5.41) is 5.52. The summed E-state index contributed by atoms with van der Waals surface area (Å²) in [4.78, 5) is 8.89. The van der Waals surface area contributed by atoms with Crippen molar-refractivity contribution < 1.29 is 0 Å². The monoisotopic (exact) mass is 272 g/mol. The average molecular weight is 272 g/mol. The lowest BCUT2D eigenvalue weighted by molar-refractivity contribution is 0.311. The van der Waals surface area contributed by atoms with Crippen LogP contribution in [0.2, 0.25) is 5.79 Å². The summed E-state index contributed by atoms with van der Waals surface area (Å²) in [6.45, 7) is 0.999. The first-order valence-corrected chi connectivity index (χ1v) is 8.83. The van der Waals surface area contributed by atoms with E-state index >= 15 is 0 Å². The van der Waals surface area contributed by atoms with Crippen LogP contribution >= 0.6 is 0 Å². The lowest BCUT2D eigenvalue weighted by atomic mass is 9.89. The third-order valence-corrected chi connectivity index (χ3v) is 4.35. The highest BCUT2D eigenvalue weighted by Crippen LogP contribution is 2.25. The van der Waals surface area contributed by atoms with Crippen molar-refractivity contribution in [1.82, 2.24) is 19.7 Å². The van der Waals surface area contributed by atoms with Crippen molar-refractivity contribution in [2.75, 3.05) is 4.30 Å². The van der Waals surface area contributed by atoms with Gasteiger partial charge in [-0.3, -0.25) is 0 Å². The first kappa shape index (κ1) is 12.9. The highest BCUT2D eigenvalue weighted by Gasteiger charge is 2.16. The van der Waals surface area contributed by atoms with Crippen molar-refractivity contribution in [1.29, 1.82) is 0 Å². The molecular formula is C13H19AlN5. The molecular weight excluding hydrogens is 253 g/mol. The van der Waals surface area contributed by atoms with Gasteiger partial charge in [-0.25, -0.2) is 9.67 Å². The Kier molecular flexibility index (Phi) is 4.00. The molecule has 5 nitrogen and oxygen atoms in total. The molecule has 2 aromatic rings. The average Bonchev–Trinajstić information content (AvgIpc) is 2.83. The molecule has 0 saturated heterocycles. The highest BCUT2D eigenvalue weighted by molar-refractivity contribution is 6.38. The number of nitrogens with one attached hydrogen (secondary N) is 1. The van der Waals surface area contributed by atoms with Gasteiger partial charge in [0.1, 0.15) is 0 Å². The molecule has 0 unspecified atom stereocenters. The molecule has 0 atom stereocenters. The van der Waals surface area contributed by atoms with Gasteiger partial charge in [0.05, 0.1) is 11.6 Å². The van der Waals surface area contributed by atoms with E-state index in [1.807, 2.05) is 12.4 Å². The molecule has 1 radical (unpaired) electrons. The normalized spacial score (nSPS) is 16.7. The number of hydrogen-bond acceptors (Lipinski definition) is 4. The maximum atomic E-state index is 4.59. The predicted molar refractivity (Wildman–Crippen MR) is 77.1 cm³/mol. The fourth-order valence-electron chi connectivity index (χ4n) is 2.81. The van der Waals surface area contributed by atoms with Crippen LogP contribution in [0.25, 0.3) is 11.0 Å². The molecule has 1 aliphatic rings. The lowest BCUT2D eigenvalue weighted by Crippen LogP contribution is -2.15. The van der Waals surface area contributed by atoms with Gasteiger partial charge in [0, 0.05) is 12.7 Å². The van der Waals surface area contributed by atoms with Gasteiger partial charge in [-0.05, 0) is 18.8 Å². The summed E-state index contributed by atoms with van der Waals surface area (Å²) in [5.41, 5.74) is 0.968. The molecule has 0 bridgehead atoms. The third kappa shape index (κ3) is 2.90. The van der Waals surface area contributed by atoms with Crippen molar-refractivity contribution in [3.63, 3.8) is 0 Å². The Morgan fingerprint density at radius 1 is 1.32 bits per heavy atom. The topological polar surface area (TPSA) is 55.6 Å². The van der Waals surface area contributed by atoms with Gasteiger partial charge in [-0.1, -0.05) is 25.0 Å². The van der Waals surface area contributed by atoms with Gasteiger partial charge in [0.15, 0.2) is 11.6 Å². The fraction of sp³-hybridized carbons (Fsp3) is 0.615. The van der Waals surface area contributed by atoms with Crippen LogP contribution in [0.15, 0.2) is 12.4 Å². The zero-order chi connectivity index (χ0) is 13.1. The van der Waals surface area contributed by atoms with Crippen molar-refractivity contribution in [2.45, 2.75) is 44.4 Å². The van der Waals surface area contributed by atoms with Crippen LogP contribution in [0.1, 0.15) is 32.1 Å². The minimum atomic E-state index is 0.168. The van der Waals surface area contributed by atoms with Gasteiger partial charge < -0.3 is 4.30 Å². The van der Waals surface area contributed by atoms with Crippen LogP contribution in [-0.4, -0.2) is 35.2 Å². The molecule has 1 saturated carbocycles. The minimum absolute atomic E-state index is 0.168. The maximum Gasteiger partial charge on any atom is 0.367 e. The number of aromatic nitrogens is 4. The first-order chi connectivity index (χ1) is 9.36. The number of fused-ring (bicyclic) bond motifs is 1. The Balaban J connectivity index is 1.83. The molecule has 1 aliphatic carbocycles. The summed E-state index contributed by atoms with van der Waals surface area (Å²) in [6.07, 6.45) is 10.5. The molecule has 3 rings (SSSR count). The van der Waals surface area contributed by atoms with Crippen LogP contribution in [0.3, 0.4) is 0 Å². The molecule has 0 amide bonds. The largest absolute Gasteiger partial charge is 0.452 e. The number of hydrogen-bond donors (Lipinski definition) is 1. The zero-order valence-corrected chi connectivity index (χ0v) is 12.5. The molecule has 0 aliphatic heterocycles. The van der Waals surface area contributed by atoms with Crippen LogP contribution < -0.4 is 4.30 Å². The third-order valence-electron chi connectivity index (χ3n) is 3.81. The summed E-state index contributed by atoms with van der Waals surface area (Å²) < 4.78 is 5.30. The smallest absolute Gasteiger partial charge is 0.367 e. The van der Waals surface area contributed by atoms with Crippen molar-refractivity contribution in [3.8, 4) is 0 Å². The minimum Gasteiger partial charge on any atom is -0.452 e. The summed E-state index contributed by atoms with van der Waals surface area (Å²) in [6, 6.07) is 0. The van der Waals surface area contributed by atoms with E-state index in [2.05, 4.69) is 29.8 Å². The highest BCUT2D eigenvalue weighted by atomic mass is 27.1. The number of rotatable bonds is 4. The van der Waals surface area contributed by atoms with Gasteiger partial charge >= 0.3 is 15.4 Å². The second-order valence-electron chi connectivity index (χ2n) is 5.24. The zero-order valence-electron chi connectivity index (χ0n) is 11.3. The van der Waals surface area contributed by atoms with E-state index in [1.165, 1.54) is 32.1 Å². The number of nitrogens with zero attached hydrogens (tertiary/aromatic N) is 4. The molecule has 2 heterocycles. The van der Waals surface area contributed by atoms with Gasteiger partial charge in [0.25, 0.3) is 0 Å². The van der Waals surface area contributed by atoms with Crippen LogP contribution in [0.4, 0.5) is 5.95 Å². The molecule has 1 N–H and O–H groups in total. The second kappa shape index (κ2) is 5.89. The van der Waals surface area contributed by atoms with E-state index in [4.69, 9.17) is 0 Å². The van der Waals surface area contributed by atoms with Gasteiger partial charge in [0.2, 0.25) is 0 Å². The van der Waals surface area contributed by atoms with Crippen LogP contribution in [0.5, 0.6) is 0 Å². The van der Waals surface area contributed by atoms with Crippen molar-refractivity contribution >= 4 is 32.4 Å². The molecule has 0 aromatic carbocycles. The lowest BCUT2D eigenvalue weighted by Gasteiger charge is -2.21. The molecule has 99 valence electrons. The van der Waals surface area contributed by atoms with Crippen molar-refractivity contribution in [3.05, 3.63) is 12.4 Å². The SMILES string of the molecule is [CH3][Al][NH]c1ncc2cnn(CC3CCCCC3)c2n1. The first-order valence-electron chi connectivity index (χ1n) is 7.10. The Labute approximate surface area is 119 Å². The van der Waals surface area contributed by atoms with E-state index in [0.717, 1.165) is 29.4 Å². The molecule has 0 spiro atoms. The summed E-state index contributed by atoms with van der Waals surface area (Å²) >= 11 is 0.168. The molecule has 19 heavy (non-hydrogen) atoms. The standard InChI is InChI=1S/C12H16N5.CH3.Al/c13-12-14-6-10-7-15-17(11(10)16-12)8-9-4-2-1-3-5-9;;/h6-7,9H,1-5,8H2,(H-,13,14,16);1H3;/q-1;;+1. The molecule has 1 fully saturated rings. The Hall–Kier alpha value is -1.12. The van der Waals surface area contributed by atoms with Crippen LogP contribution in [-0.2, 0) is 6.54 Å². The fourth-order valence-corrected chi connectivity index (χ4v) is 3.21. The van der Waals surface area contributed by atoms with Gasteiger partial charge in [-0.2, -0.15) is 10.1 Å². The van der Waals surface area contributed by atoms with E-state index < -0.39 is 0 Å². The Morgan fingerprint density at radius 2 is 2.16 bits per heavy atom. The Morgan fingerprint density at radius 3 is 2.95 bits per heavy atom. The maximum absolute atomic E-state index is 4.59. The van der Waals surface area contributed by atoms with E-state index in [-0.39, 0.29) is 15.4 Å².